The van der Waals surface area contributed by atoms with Crippen LogP contribution in [0.5, 0.6) is 0 Å². The van der Waals surface area contributed by atoms with Gasteiger partial charge in [0.2, 0.25) is 0 Å². The van der Waals surface area contributed by atoms with Crippen LogP contribution in [0.2, 0.25) is 0 Å². The Morgan fingerprint density at radius 2 is 1.54 bits per heavy atom. The van der Waals surface area contributed by atoms with Gasteiger partial charge in [-0.25, -0.2) is 14.4 Å². The number of hydrogen-bond donors (Lipinski definition) is 0. The Morgan fingerprint density at radius 3 is 2.08 bits per heavy atom. The number of carbonyl (C=O) groups is 3. The summed E-state index contributed by atoms with van der Waals surface area (Å²) in [6.45, 7) is 14.2. The SMILES string of the molecule is CCCCO[C@H]1COCC(N(C(=O)OC(C)(C)C)C(=O)OC(C)(C)C)C(=O)O[C@@H](C)[C@@H]1OCc1ccccc1. The minimum Gasteiger partial charge on any atom is -0.458 e. The second-order valence-corrected chi connectivity index (χ2v) is 11.5. The largest absolute Gasteiger partial charge is 0.458 e. The number of ether oxygens (including phenoxy) is 6. The Labute approximate surface area is 232 Å². The van der Waals surface area contributed by atoms with E-state index < -0.39 is 53.7 Å². The van der Waals surface area contributed by atoms with Gasteiger partial charge in [-0.1, -0.05) is 43.7 Å². The highest BCUT2D eigenvalue weighted by molar-refractivity contribution is 5.94. The molecule has 1 aromatic rings. The topological polar surface area (TPSA) is 110 Å². The molecule has 1 unspecified atom stereocenters. The van der Waals surface area contributed by atoms with Gasteiger partial charge in [0, 0.05) is 6.61 Å². The van der Waals surface area contributed by atoms with Crippen LogP contribution in [0.1, 0.15) is 73.8 Å². The van der Waals surface area contributed by atoms with E-state index >= 15 is 0 Å². The molecule has 1 aliphatic heterocycles. The molecule has 39 heavy (non-hydrogen) atoms. The maximum absolute atomic E-state index is 13.4. The fourth-order valence-corrected chi connectivity index (χ4v) is 3.75. The number of unbranched alkanes of at least 4 members (excludes halogenated alkanes) is 1. The molecule has 0 radical (unpaired) electrons. The minimum atomic E-state index is -1.44. The van der Waals surface area contributed by atoms with Crippen molar-refractivity contribution in [2.75, 3.05) is 19.8 Å². The van der Waals surface area contributed by atoms with Gasteiger partial charge in [-0.15, -0.1) is 0 Å². The summed E-state index contributed by atoms with van der Waals surface area (Å²) in [5.74, 6) is -0.846. The molecule has 2 rings (SSSR count). The summed E-state index contributed by atoms with van der Waals surface area (Å²) in [4.78, 5) is 40.4. The van der Waals surface area contributed by atoms with Crippen molar-refractivity contribution in [2.24, 2.45) is 0 Å². The normalized spacial score (nSPS) is 22.6. The number of hydrogen-bond acceptors (Lipinski definition) is 9. The standard InChI is InChI=1S/C29H45NO9/c1-9-10-16-35-23-19-34-18-22(30(26(32)38-28(3,4)5)27(33)39-29(6,7)8)25(31)37-20(2)24(23)36-17-21-14-12-11-13-15-21/h11-15,20,22-24H,9-10,16-19H2,1-8H3/t20-,22?,23-,24-/m0/s1. The van der Waals surface area contributed by atoms with E-state index in [0.29, 0.717) is 11.5 Å². The highest BCUT2D eigenvalue weighted by Crippen LogP contribution is 2.22. The number of cyclic esters (lactones) is 1. The second-order valence-electron chi connectivity index (χ2n) is 11.5. The summed E-state index contributed by atoms with van der Waals surface area (Å²) in [7, 11) is 0. The van der Waals surface area contributed by atoms with Crippen molar-refractivity contribution >= 4 is 18.2 Å². The van der Waals surface area contributed by atoms with Gasteiger partial charge in [-0.05, 0) is 60.5 Å². The number of amides is 2. The van der Waals surface area contributed by atoms with Gasteiger partial charge in [0.05, 0.1) is 19.8 Å². The molecule has 4 atom stereocenters. The van der Waals surface area contributed by atoms with E-state index in [1.807, 2.05) is 30.3 Å². The van der Waals surface area contributed by atoms with Crippen LogP contribution in [0, 0.1) is 0 Å². The molecule has 1 fully saturated rings. The van der Waals surface area contributed by atoms with E-state index in [9.17, 15) is 14.4 Å². The monoisotopic (exact) mass is 551 g/mol. The molecular weight excluding hydrogens is 506 g/mol. The van der Waals surface area contributed by atoms with Gasteiger partial charge in [-0.3, -0.25) is 0 Å². The van der Waals surface area contributed by atoms with Crippen molar-refractivity contribution in [3.63, 3.8) is 0 Å². The molecule has 220 valence electrons. The molecule has 0 N–H and O–H groups in total. The van der Waals surface area contributed by atoms with Crippen LogP contribution >= 0.6 is 0 Å². The van der Waals surface area contributed by atoms with Crippen LogP contribution in [0.15, 0.2) is 30.3 Å². The van der Waals surface area contributed by atoms with E-state index in [-0.39, 0.29) is 19.8 Å². The van der Waals surface area contributed by atoms with Gasteiger partial charge in [0.15, 0.2) is 6.04 Å². The molecule has 0 spiro atoms. The molecule has 0 aliphatic carbocycles. The van der Waals surface area contributed by atoms with Crippen molar-refractivity contribution in [1.29, 1.82) is 0 Å². The zero-order chi connectivity index (χ0) is 29.2. The average molecular weight is 552 g/mol. The van der Waals surface area contributed by atoms with Gasteiger partial charge in [-0.2, -0.15) is 4.90 Å². The van der Waals surface area contributed by atoms with Gasteiger partial charge in [0.1, 0.15) is 29.5 Å². The van der Waals surface area contributed by atoms with Gasteiger partial charge < -0.3 is 28.4 Å². The first-order chi connectivity index (χ1) is 18.2. The highest BCUT2D eigenvalue weighted by atomic mass is 16.6. The molecule has 1 aliphatic rings. The lowest BCUT2D eigenvalue weighted by molar-refractivity contribution is -0.171. The fourth-order valence-electron chi connectivity index (χ4n) is 3.75. The van der Waals surface area contributed by atoms with Gasteiger partial charge >= 0.3 is 18.2 Å². The summed E-state index contributed by atoms with van der Waals surface area (Å²) in [5, 5.41) is 0. The van der Waals surface area contributed by atoms with Crippen molar-refractivity contribution in [3.05, 3.63) is 35.9 Å². The lowest BCUT2D eigenvalue weighted by Crippen LogP contribution is -2.54. The fraction of sp³-hybridized carbons (Fsp3) is 0.690. The lowest BCUT2D eigenvalue weighted by atomic mass is 10.1. The summed E-state index contributed by atoms with van der Waals surface area (Å²) in [6, 6.07) is 8.17. The smallest absolute Gasteiger partial charge is 0.420 e. The number of esters is 1. The Morgan fingerprint density at radius 1 is 0.949 bits per heavy atom. The molecule has 1 aromatic carbocycles. The van der Waals surface area contributed by atoms with Crippen LogP contribution in [-0.2, 0) is 39.8 Å². The van der Waals surface area contributed by atoms with Crippen LogP contribution in [0.3, 0.4) is 0 Å². The molecule has 0 bridgehead atoms. The quantitative estimate of drug-likeness (QED) is 0.243. The Balaban J connectivity index is 2.34. The Bertz CT molecular complexity index is 895. The van der Waals surface area contributed by atoms with Crippen LogP contribution in [-0.4, -0.2) is 78.4 Å². The zero-order valence-corrected chi connectivity index (χ0v) is 24.6. The second kappa shape index (κ2) is 14.6. The zero-order valence-electron chi connectivity index (χ0n) is 24.6. The van der Waals surface area contributed by atoms with Gasteiger partial charge in [0.25, 0.3) is 0 Å². The predicted octanol–water partition coefficient (Wildman–Crippen LogP) is 5.26. The van der Waals surface area contributed by atoms with Crippen molar-refractivity contribution in [2.45, 2.75) is 110 Å². The first-order valence-corrected chi connectivity index (χ1v) is 13.5. The van der Waals surface area contributed by atoms with E-state index in [0.717, 1.165) is 18.4 Å². The summed E-state index contributed by atoms with van der Waals surface area (Å²) in [5.41, 5.74) is -0.909. The highest BCUT2D eigenvalue weighted by Gasteiger charge is 2.44. The van der Waals surface area contributed by atoms with Crippen LogP contribution < -0.4 is 0 Å². The van der Waals surface area contributed by atoms with E-state index in [1.54, 1.807) is 48.5 Å². The Kier molecular flexibility index (Phi) is 12.2. The summed E-state index contributed by atoms with van der Waals surface area (Å²) >= 11 is 0. The number of carbonyl (C=O) groups excluding carboxylic acids is 3. The molecule has 1 saturated heterocycles. The van der Waals surface area contributed by atoms with Crippen LogP contribution in [0.25, 0.3) is 0 Å². The first kappa shape index (κ1) is 32.5. The molecular formula is C29H45NO9. The Hall–Kier alpha value is -2.69. The average Bonchev–Trinajstić information content (AvgIpc) is 2.86. The summed E-state index contributed by atoms with van der Waals surface area (Å²) < 4.78 is 34.9. The maximum Gasteiger partial charge on any atom is 0.420 e. The van der Waals surface area contributed by atoms with Crippen molar-refractivity contribution in [1.82, 2.24) is 4.90 Å². The van der Waals surface area contributed by atoms with E-state index in [1.165, 1.54) is 0 Å². The molecule has 2 amide bonds. The van der Waals surface area contributed by atoms with Crippen molar-refractivity contribution in [3.8, 4) is 0 Å². The van der Waals surface area contributed by atoms with E-state index in [2.05, 4.69) is 6.92 Å². The first-order valence-electron chi connectivity index (χ1n) is 13.5. The number of benzene rings is 1. The van der Waals surface area contributed by atoms with E-state index in [4.69, 9.17) is 28.4 Å². The lowest BCUT2D eigenvalue weighted by Gasteiger charge is -2.32. The third-order valence-corrected chi connectivity index (χ3v) is 5.57. The minimum absolute atomic E-state index is 0.0527. The third kappa shape index (κ3) is 11.1. The number of nitrogens with zero attached hydrogens (tertiary/aromatic N) is 1. The maximum atomic E-state index is 13.4. The molecule has 0 saturated carbocycles. The van der Waals surface area contributed by atoms with Crippen molar-refractivity contribution < 1.29 is 42.8 Å². The third-order valence-electron chi connectivity index (χ3n) is 5.57. The van der Waals surface area contributed by atoms with Crippen LogP contribution in [0.4, 0.5) is 9.59 Å². The molecule has 10 nitrogen and oxygen atoms in total. The molecule has 1 heterocycles. The number of rotatable bonds is 8. The molecule has 0 aromatic heterocycles. The molecule has 10 heteroatoms. The number of imide groups is 1. The predicted molar refractivity (Wildman–Crippen MR) is 144 cm³/mol. The summed E-state index contributed by atoms with van der Waals surface area (Å²) in [6.07, 6.45) is -2.31.